The summed E-state index contributed by atoms with van der Waals surface area (Å²) in [6.45, 7) is -0.0844. The maximum absolute atomic E-state index is 12.6. The molecule has 0 aromatic heterocycles. The standard InChI is InChI=1S/C20H27N3O7S2/c1-22(2)31(25,26)18-11-7-17(8-12-18)30-14-13-21-20(24)15-23(3)32(27,28)19-9-5-16(29-4)6-10-19/h5-12H,13-15H2,1-4H3,(H,21,24). The zero-order chi connectivity index (χ0) is 23.9. The molecule has 0 aliphatic heterocycles. The minimum Gasteiger partial charge on any atom is -0.497 e. The van der Waals surface area contributed by atoms with E-state index in [2.05, 4.69) is 5.32 Å². The largest absolute Gasteiger partial charge is 0.497 e. The number of benzene rings is 2. The highest BCUT2D eigenvalue weighted by Gasteiger charge is 2.23. The number of hydrogen-bond acceptors (Lipinski definition) is 7. The van der Waals surface area contributed by atoms with Crippen molar-refractivity contribution in [3.8, 4) is 11.5 Å². The van der Waals surface area contributed by atoms with Crippen LogP contribution in [0.2, 0.25) is 0 Å². The summed E-state index contributed by atoms with van der Waals surface area (Å²) in [5.41, 5.74) is 0. The zero-order valence-electron chi connectivity index (χ0n) is 18.3. The first-order valence-electron chi connectivity index (χ1n) is 9.51. The van der Waals surface area contributed by atoms with Gasteiger partial charge in [0.1, 0.15) is 18.1 Å². The first-order valence-corrected chi connectivity index (χ1v) is 12.4. The Morgan fingerprint density at radius 2 is 1.34 bits per heavy atom. The van der Waals surface area contributed by atoms with Gasteiger partial charge in [0.25, 0.3) is 0 Å². The number of ether oxygens (including phenoxy) is 2. The number of carbonyl (C=O) groups is 1. The van der Waals surface area contributed by atoms with Crippen LogP contribution in [0.5, 0.6) is 11.5 Å². The monoisotopic (exact) mass is 485 g/mol. The molecule has 2 rings (SSSR count). The number of hydrogen-bond donors (Lipinski definition) is 1. The zero-order valence-corrected chi connectivity index (χ0v) is 19.9. The molecule has 1 N–H and O–H groups in total. The van der Waals surface area contributed by atoms with Gasteiger partial charge in [-0.05, 0) is 48.5 Å². The molecule has 32 heavy (non-hydrogen) atoms. The first-order chi connectivity index (χ1) is 15.0. The Morgan fingerprint density at radius 1 is 0.844 bits per heavy atom. The van der Waals surface area contributed by atoms with Crippen molar-refractivity contribution in [2.45, 2.75) is 9.79 Å². The summed E-state index contributed by atoms with van der Waals surface area (Å²) in [6.07, 6.45) is 0. The highest BCUT2D eigenvalue weighted by molar-refractivity contribution is 7.89. The van der Waals surface area contributed by atoms with Crippen molar-refractivity contribution in [1.82, 2.24) is 13.9 Å². The molecule has 176 valence electrons. The molecule has 0 atom stereocenters. The normalized spacial score (nSPS) is 12.1. The van der Waals surface area contributed by atoms with Crippen molar-refractivity contribution in [3.05, 3.63) is 48.5 Å². The summed E-state index contributed by atoms with van der Waals surface area (Å²) in [7, 11) is -1.65. The third-order valence-electron chi connectivity index (χ3n) is 4.43. The van der Waals surface area contributed by atoms with Crippen molar-refractivity contribution in [1.29, 1.82) is 0 Å². The van der Waals surface area contributed by atoms with Crippen LogP contribution in [-0.2, 0) is 24.8 Å². The molecule has 2 aromatic rings. The molecule has 0 fully saturated rings. The van der Waals surface area contributed by atoms with Gasteiger partial charge in [-0.15, -0.1) is 0 Å². The van der Waals surface area contributed by atoms with Crippen LogP contribution in [0.15, 0.2) is 58.3 Å². The van der Waals surface area contributed by atoms with Crippen LogP contribution in [-0.4, -0.2) is 79.3 Å². The smallest absolute Gasteiger partial charge is 0.243 e. The maximum Gasteiger partial charge on any atom is 0.243 e. The van der Waals surface area contributed by atoms with Gasteiger partial charge in [-0.1, -0.05) is 0 Å². The van der Waals surface area contributed by atoms with E-state index in [0.29, 0.717) is 11.5 Å². The third kappa shape index (κ3) is 6.42. The maximum atomic E-state index is 12.6. The Morgan fingerprint density at radius 3 is 1.84 bits per heavy atom. The highest BCUT2D eigenvalue weighted by Crippen LogP contribution is 2.19. The van der Waals surface area contributed by atoms with Crippen LogP contribution in [0.1, 0.15) is 0 Å². The predicted molar refractivity (Wildman–Crippen MR) is 119 cm³/mol. The number of carbonyl (C=O) groups excluding carboxylic acids is 1. The van der Waals surface area contributed by atoms with E-state index in [0.717, 1.165) is 8.61 Å². The number of rotatable bonds is 11. The van der Waals surface area contributed by atoms with Crippen molar-refractivity contribution < 1.29 is 31.1 Å². The van der Waals surface area contributed by atoms with Crippen LogP contribution in [0.4, 0.5) is 0 Å². The van der Waals surface area contributed by atoms with Crippen molar-refractivity contribution >= 4 is 26.0 Å². The van der Waals surface area contributed by atoms with Gasteiger partial charge < -0.3 is 14.8 Å². The van der Waals surface area contributed by atoms with Gasteiger partial charge in [-0.25, -0.2) is 21.1 Å². The fraction of sp³-hybridized carbons (Fsp3) is 0.350. The van der Waals surface area contributed by atoms with Crippen molar-refractivity contribution in [3.63, 3.8) is 0 Å². The van der Waals surface area contributed by atoms with Gasteiger partial charge in [0.2, 0.25) is 26.0 Å². The molecule has 0 aliphatic rings. The minimum absolute atomic E-state index is 0.0525. The molecule has 12 heteroatoms. The number of amides is 1. The molecule has 0 unspecified atom stereocenters. The predicted octanol–water partition coefficient (Wildman–Crippen LogP) is 0.761. The second kappa shape index (κ2) is 10.8. The van der Waals surface area contributed by atoms with E-state index in [1.807, 2.05) is 0 Å². The van der Waals surface area contributed by atoms with Gasteiger partial charge >= 0.3 is 0 Å². The van der Waals surface area contributed by atoms with Gasteiger partial charge in [0.15, 0.2) is 0 Å². The Bertz CT molecular complexity index is 1110. The lowest BCUT2D eigenvalue weighted by molar-refractivity contribution is -0.121. The van der Waals surface area contributed by atoms with E-state index in [4.69, 9.17) is 9.47 Å². The van der Waals surface area contributed by atoms with Crippen LogP contribution >= 0.6 is 0 Å². The summed E-state index contributed by atoms with van der Waals surface area (Å²) < 4.78 is 61.8. The van der Waals surface area contributed by atoms with Gasteiger partial charge in [0, 0.05) is 21.1 Å². The Labute approximate surface area is 188 Å². The fourth-order valence-electron chi connectivity index (χ4n) is 2.55. The topological polar surface area (TPSA) is 122 Å². The Balaban J connectivity index is 1.81. The fourth-order valence-corrected chi connectivity index (χ4v) is 4.58. The summed E-state index contributed by atoms with van der Waals surface area (Å²) in [5.74, 6) is 0.482. The van der Waals surface area contributed by atoms with Gasteiger partial charge in [-0.3, -0.25) is 4.79 Å². The number of sulfonamides is 2. The quantitative estimate of drug-likeness (QED) is 0.466. The van der Waals surface area contributed by atoms with E-state index in [1.165, 1.54) is 76.8 Å². The van der Waals surface area contributed by atoms with Crippen LogP contribution < -0.4 is 14.8 Å². The lowest BCUT2D eigenvalue weighted by atomic mass is 10.3. The number of methoxy groups -OCH3 is 1. The molecule has 0 saturated heterocycles. The average molecular weight is 486 g/mol. The summed E-state index contributed by atoms with van der Waals surface area (Å²) in [6, 6.07) is 11.8. The third-order valence-corrected chi connectivity index (χ3v) is 8.08. The second-order valence-corrected chi connectivity index (χ2v) is 11.1. The van der Waals surface area contributed by atoms with Gasteiger partial charge in [-0.2, -0.15) is 4.31 Å². The molecule has 0 radical (unpaired) electrons. The lowest BCUT2D eigenvalue weighted by Gasteiger charge is -2.17. The van der Waals surface area contributed by atoms with Crippen LogP contribution in [0, 0.1) is 0 Å². The SMILES string of the molecule is COc1ccc(S(=O)(=O)N(C)CC(=O)NCCOc2ccc(S(=O)(=O)N(C)C)cc2)cc1. The van der Waals surface area contributed by atoms with E-state index in [1.54, 1.807) is 0 Å². The number of nitrogens with one attached hydrogen (secondary N) is 1. The van der Waals surface area contributed by atoms with Gasteiger partial charge in [0.05, 0.1) is 30.0 Å². The molecule has 0 saturated carbocycles. The number of nitrogens with zero attached hydrogens (tertiary/aromatic N) is 2. The molecular weight excluding hydrogens is 458 g/mol. The molecular formula is C20H27N3O7S2. The number of likely N-dealkylation sites (N-methyl/N-ethyl adjacent to an activating group) is 1. The molecule has 0 bridgehead atoms. The first kappa shape index (κ1) is 25.6. The second-order valence-electron chi connectivity index (χ2n) is 6.89. The molecule has 2 aromatic carbocycles. The molecule has 1 amide bonds. The van der Waals surface area contributed by atoms with E-state index in [9.17, 15) is 21.6 Å². The Kier molecular flexibility index (Phi) is 8.61. The van der Waals surface area contributed by atoms with Crippen molar-refractivity contribution in [2.24, 2.45) is 0 Å². The minimum atomic E-state index is -3.82. The molecule has 0 spiro atoms. The molecule has 0 heterocycles. The van der Waals surface area contributed by atoms with Crippen LogP contribution in [0.25, 0.3) is 0 Å². The lowest BCUT2D eigenvalue weighted by Crippen LogP contribution is -2.39. The van der Waals surface area contributed by atoms with Crippen molar-refractivity contribution in [2.75, 3.05) is 47.9 Å². The summed E-state index contributed by atoms with van der Waals surface area (Å²) >= 11 is 0. The van der Waals surface area contributed by atoms with E-state index >= 15 is 0 Å². The van der Waals surface area contributed by atoms with E-state index < -0.39 is 26.0 Å². The average Bonchev–Trinajstić information content (AvgIpc) is 2.76. The highest BCUT2D eigenvalue weighted by atomic mass is 32.2. The van der Waals surface area contributed by atoms with E-state index in [-0.39, 0.29) is 29.5 Å². The summed E-state index contributed by atoms with van der Waals surface area (Å²) in [4.78, 5) is 12.3. The Hall–Kier alpha value is -2.67. The summed E-state index contributed by atoms with van der Waals surface area (Å²) in [5, 5.41) is 2.58. The van der Waals surface area contributed by atoms with Crippen LogP contribution in [0.3, 0.4) is 0 Å². The molecule has 10 nitrogen and oxygen atoms in total. The molecule has 0 aliphatic carbocycles.